The fourth-order valence-electron chi connectivity index (χ4n) is 1.82. The van der Waals surface area contributed by atoms with Crippen molar-refractivity contribution in [2.24, 2.45) is 4.99 Å². The topological polar surface area (TPSA) is 122 Å². The molecular formula is C20H18N4O3S2. The van der Waals surface area contributed by atoms with E-state index < -0.39 is 0 Å². The van der Waals surface area contributed by atoms with Gasteiger partial charge in [0.15, 0.2) is 11.4 Å². The lowest BCUT2D eigenvalue weighted by molar-refractivity contribution is 0.112. The highest BCUT2D eigenvalue weighted by Crippen LogP contribution is 2.17. The Morgan fingerprint density at radius 3 is 1.86 bits per heavy atom. The Labute approximate surface area is 175 Å². The molecule has 0 atom stereocenters. The van der Waals surface area contributed by atoms with Crippen LogP contribution in [0.2, 0.25) is 0 Å². The second-order valence-corrected chi connectivity index (χ2v) is 6.98. The van der Waals surface area contributed by atoms with Crippen LogP contribution in [0.25, 0.3) is 0 Å². The van der Waals surface area contributed by atoms with Crippen molar-refractivity contribution in [3.05, 3.63) is 82.8 Å². The van der Waals surface area contributed by atoms with Gasteiger partial charge in [-0.25, -0.2) is 15.0 Å². The van der Waals surface area contributed by atoms with Gasteiger partial charge in [-0.1, -0.05) is 24.3 Å². The number of benzene rings is 2. The summed E-state index contributed by atoms with van der Waals surface area (Å²) < 4.78 is 0. The number of hydrogen-bond donors (Lipinski definition) is 3. The zero-order valence-corrected chi connectivity index (χ0v) is 16.8. The Bertz CT molecular complexity index is 1020. The predicted octanol–water partition coefficient (Wildman–Crippen LogP) is 4.53. The highest BCUT2D eigenvalue weighted by Gasteiger charge is 1.95. The van der Waals surface area contributed by atoms with Crippen LogP contribution < -0.4 is 5.73 Å². The molecule has 0 radical (unpaired) electrons. The van der Waals surface area contributed by atoms with E-state index in [9.17, 15) is 9.90 Å². The van der Waals surface area contributed by atoms with E-state index >= 15 is 0 Å². The quantitative estimate of drug-likeness (QED) is 0.327. The van der Waals surface area contributed by atoms with Gasteiger partial charge < -0.3 is 15.9 Å². The number of thiazole rings is 2. The molecule has 9 heteroatoms. The molecule has 0 aliphatic rings. The number of phenols is 2. The number of aliphatic imine (C=N–C) groups is 1. The molecule has 0 aliphatic heterocycles. The molecule has 0 spiro atoms. The van der Waals surface area contributed by atoms with E-state index in [4.69, 9.17) is 10.8 Å². The maximum Gasteiger partial charge on any atom is 0.209 e. The van der Waals surface area contributed by atoms with Gasteiger partial charge in [-0.05, 0) is 24.3 Å². The Balaban J connectivity index is 0.000000171. The molecule has 0 amide bonds. The van der Waals surface area contributed by atoms with Crippen LogP contribution in [0.1, 0.15) is 15.9 Å². The number of nitrogens with zero attached hydrogens (tertiary/aromatic N) is 3. The largest absolute Gasteiger partial charge is 0.507 e. The smallest absolute Gasteiger partial charge is 0.209 e. The molecule has 4 rings (SSSR count). The standard InChI is InChI=1S/C10H8N2OS.C7H6O2.C3H4N2S/c13-9-4-2-1-3-8(9)7-12-10-11-5-6-14-10;8-5-6-3-1-2-4-7(6)9;4-3-5-1-2-6-3/h1-7,13H;1-5,9H;1-2H,(H2,4,5). The summed E-state index contributed by atoms with van der Waals surface area (Å²) in [6, 6.07) is 13.5. The van der Waals surface area contributed by atoms with Crippen LogP contribution in [0, 0.1) is 0 Å². The zero-order chi connectivity index (χ0) is 20.9. The van der Waals surface area contributed by atoms with Gasteiger partial charge in [0.1, 0.15) is 11.5 Å². The van der Waals surface area contributed by atoms with Gasteiger partial charge in [-0.3, -0.25) is 4.79 Å². The molecule has 0 unspecified atom stereocenters. The first kappa shape index (κ1) is 21.7. The molecule has 2 heterocycles. The molecule has 4 aromatic rings. The molecular weight excluding hydrogens is 408 g/mol. The zero-order valence-electron chi connectivity index (χ0n) is 15.1. The summed E-state index contributed by atoms with van der Waals surface area (Å²) >= 11 is 2.90. The van der Waals surface area contributed by atoms with Crippen LogP contribution >= 0.6 is 22.7 Å². The molecule has 7 nitrogen and oxygen atoms in total. The summed E-state index contributed by atoms with van der Waals surface area (Å²) in [5, 5.41) is 23.3. The number of aldehydes is 1. The first-order valence-electron chi connectivity index (χ1n) is 8.20. The molecule has 2 aromatic carbocycles. The van der Waals surface area contributed by atoms with E-state index in [0.717, 1.165) is 0 Å². The molecule has 0 fully saturated rings. The van der Waals surface area contributed by atoms with E-state index in [0.29, 0.717) is 27.7 Å². The first-order chi connectivity index (χ1) is 14.1. The number of aromatic nitrogens is 2. The van der Waals surface area contributed by atoms with Crippen molar-refractivity contribution in [3.63, 3.8) is 0 Å². The SMILES string of the molecule is Nc1nccs1.O=Cc1ccccc1O.Oc1ccccc1C=Nc1nccs1. The predicted molar refractivity (Wildman–Crippen MR) is 117 cm³/mol. The molecule has 0 saturated carbocycles. The van der Waals surface area contributed by atoms with Crippen LogP contribution in [0.4, 0.5) is 10.3 Å². The second kappa shape index (κ2) is 12.0. The van der Waals surface area contributed by atoms with Crippen LogP contribution in [0.15, 0.2) is 76.7 Å². The Hall–Kier alpha value is -3.56. The van der Waals surface area contributed by atoms with E-state index in [2.05, 4.69) is 15.0 Å². The summed E-state index contributed by atoms with van der Waals surface area (Å²) in [6.07, 6.45) is 5.60. The highest BCUT2D eigenvalue weighted by molar-refractivity contribution is 7.13. The third-order valence-electron chi connectivity index (χ3n) is 3.19. The van der Waals surface area contributed by atoms with Gasteiger partial charge in [0.05, 0.1) is 5.56 Å². The Morgan fingerprint density at radius 2 is 1.45 bits per heavy atom. The first-order valence-corrected chi connectivity index (χ1v) is 9.95. The van der Waals surface area contributed by atoms with Crippen molar-refractivity contribution < 1.29 is 15.0 Å². The molecule has 29 heavy (non-hydrogen) atoms. The number of carbonyl (C=O) groups is 1. The fourth-order valence-corrected chi connectivity index (χ4v) is 2.68. The molecule has 0 aliphatic carbocycles. The van der Waals surface area contributed by atoms with Gasteiger partial charge >= 0.3 is 0 Å². The van der Waals surface area contributed by atoms with E-state index in [-0.39, 0.29) is 11.5 Å². The van der Waals surface area contributed by atoms with Crippen molar-refractivity contribution in [2.45, 2.75) is 0 Å². The van der Waals surface area contributed by atoms with E-state index in [1.165, 1.54) is 28.7 Å². The van der Waals surface area contributed by atoms with Crippen molar-refractivity contribution >= 4 is 45.4 Å². The van der Waals surface area contributed by atoms with Crippen molar-refractivity contribution in [1.82, 2.24) is 9.97 Å². The van der Waals surface area contributed by atoms with Crippen LogP contribution in [0.5, 0.6) is 11.5 Å². The average Bonchev–Trinajstić information content (AvgIpc) is 3.43. The summed E-state index contributed by atoms with van der Waals surface area (Å²) in [7, 11) is 0. The monoisotopic (exact) mass is 426 g/mol. The van der Waals surface area contributed by atoms with Gasteiger partial charge in [-0.2, -0.15) is 0 Å². The number of anilines is 1. The number of phenolic OH excluding ortho intramolecular Hbond substituents is 2. The molecule has 148 valence electrons. The van der Waals surface area contributed by atoms with E-state index in [1.54, 1.807) is 55.0 Å². The van der Waals surface area contributed by atoms with Crippen LogP contribution in [-0.4, -0.2) is 32.7 Å². The van der Waals surface area contributed by atoms with Crippen LogP contribution in [0.3, 0.4) is 0 Å². The number of rotatable bonds is 3. The summed E-state index contributed by atoms with van der Waals surface area (Å²) in [6.45, 7) is 0. The lowest BCUT2D eigenvalue weighted by Gasteiger charge is -1.95. The normalized spacial score (nSPS) is 9.79. The number of para-hydroxylation sites is 2. The average molecular weight is 427 g/mol. The molecule has 4 N–H and O–H groups in total. The number of carbonyl (C=O) groups excluding carboxylic acids is 1. The molecule has 2 aromatic heterocycles. The van der Waals surface area contributed by atoms with E-state index in [1.807, 2.05) is 16.8 Å². The maximum atomic E-state index is 10.1. The molecule has 0 bridgehead atoms. The lowest BCUT2D eigenvalue weighted by Crippen LogP contribution is -1.80. The number of hydrogen-bond acceptors (Lipinski definition) is 9. The number of nitrogen functional groups attached to an aromatic ring is 1. The summed E-state index contributed by atoms with van der Waals surface area (Å²) in [5.41, 5.74) is 6.21. The third-order valence-corrected chi connectivity index (χ3v) is 4.47. The van der Waals surface area contributed by atoms with Crippen LogP contribution in [-0.2, 0) is 0 Å². The van der Waals surface area contributed by atoms with Crippen molar-refractivity contribution in [2.75, 3.05) is 5.73 Å². The Kier molecular flexibility index (Phi) is 9.00. The van der Waals surface area contributed by atoms with Crippen molar-refractivity contribution in [3.8, 4) is 11.5 Å². The Morgan fingerprint density at radius 1 is 0.862 bits per heavy atom. The minimum atomic E-state index is 0.0347. The minimum Gasteiger partial charge on any atom is -0.507 e. The summed E-state index contributed by atoms with van der Waals surface area (Å²) in [5.74, 6) is 0.264. The number of nitrogens with two attached hydrogens (primary N) is 1. The van der Waals surface area contributed by atoms with Gasteiger partial charge in [0, 0.05) is 34.9 Å². The van der Waals surface area contributed by atoms with Gasteiger partial charge in [-0.15, -0.1) is 22.7 Å². The second-order valence-electron chi connectivity index (χ2n) is 5.18. The lowest BCUT2D eigenvalue weighted by atomic mass is 10.2. The maximum absolute atomic E-state index is 10.1. The third kappa shape index (κ3) is 7.91. The van der Waals surface area contributed by atoms with Gasteiger partial charge in [0.2, 0.25) is 5.13 Å². The van der Waals surface area contributed by atoms with Crippen molar-refractivity contribution in [1.29, 1.82) is 0 Å². The summed E-state index contributed by atoms with van der Waals surface area (Å²) in [4.78, 5) is 21.9. The molecule has 0 saturated heterocycles. The highest BCUT2D eigenvalue weighted by atomic mass is 32.1. The number of aromatic hydroxyl groups is 2. The van der Waals surface area contributed by atoms with Gasteiger partial charge in [0.25, 0.3) is 0 Å². The minimum absolute atomic E-state index is 0.0347. The fraction of sp³-hybridized carbons (Fsp3) is 0.